The lowest BCUT2D eigenvalue weighted by Crippen LogP contribution is -2.54. The molecule has 104 valence electrons. The third kappa shape index (κ3) is 4.15. The highest BCUT2D eigenvalue weighted by Gasteiger charge is 2.25. The van der Waals surface area contributed by atoms with Gasteiger partial charge in [-0.3, -0.25) is 0 Å². The summed E-state index contributed by atoms with van der Waals surface area (Å²) in [6, 6.07) is -1.39. The Morgan fingerprint density at radius 3 is 2.33 bits per heavy atom. The van der Waals surface area contributed by atoms with Crippen molar-refractivity contribution >= 4 is 12.0 Å². The molecule has 0 spiro atoms. The number of aliphatic hydroxyl groups is 1. The Labute approximate surface area is 106 Å². The van der Waals surface area contributed by atoms with Gasteiger partial charge < -0.3 is 25.3 Å². The second kappa shape index (κ2) is 7.17. The van der Waals surface area contributed by atoms with Gasteiger partial charge in [0, 0.05) is 39.2 Å². The molecule has 7 nitrogen and oxygen atoms in total. The first kappa shape index (κ1) is 14.7. The number of urea groups is 1. The lowest BCUT2D eigenvalue weighted by Gasteiger charge is -2.34. The number of likely N-dealkylation sites (N-methyl/N-ethyl adjacent to an activating group) is 1. The van der Waals surface area contributed by atoms with Crippen molar-refractivity contribution < 1.29 is 19.8 Å². The highest BCUT2D eigenvalue weighted by molar-refractivity contribution is 5.82. The van der Waals surface area contributed by atoms with E-state index in [2.05, 4.69) is 17.1 Å². The van der Waals surface area contributed by atoms with Crippen LogP contribution < -0.4 is 5.32 Å². The molecule has 2 amide bonds. The maximum Gasteiger partial charge on any atom is 0.326 e. The minimum Gasteiger partial charge on any atom is -0.480 e. The van der Waals surface area contributed by atoms with Crippen LogP contribution in [-0.2, 0) is 4.79 Å². The molecule has 1 atom stereocenters. The molecule has 3 N–H and O–H groups in total. The summed E-state index contributed by atoms with van der Waals surface area (Å²) < 4.78 is 0. The van der Waals surface area contributed by atoms with Crippen LogP contribution in [0.25, 0.3) is 0 Å². The first-order valence-electron chi connectivity index (χ1n) is 6.20. The number of carboxylic acid groups (broad SMARTS) is 1. The average molecular weight is 259 g/mol. The third-order valence-corrected chi connectivity index (χ3v) is 3.12. The van der Waals surface area contributed by atoms with Gasteiger partial charge in [-0.25, -0.2) is 9.59 Å². The Morgan fingerprint density at radius 1 is 1.28 bits per heavy atom. The van der Waals surface area contributed by atoms with Crippen LogP contribution in [0.15, 0.2) is 0 Å². The lowest BCUT2D eigenvalue weighted by atomic mass is 10.2. The summed E-state index contributed by atoms with van der Waals surface area (Å²) in [5.41, 5.74) is 0. The van der Waals surface area contributed by atoms with Gasteiger partial charge in [0.2, 0.25) is 0 Å². The van der Waals surface area contributed by atoms with Crippen LogP contribution in [-0.4, -0.2) is 77.4 Å². The second-order valence-electron chi connectivity index (χ2n) is 4.27. The molecule has 1 rings (SSSR count). The molecule has 1 saturated heterocycles. The SMILES string of the molecule is CCN1CCN(C(=O)N[C@@H](CCO)C(=O)O)CC1. The van der Waals surface area contributed by atoms with E-state index in [-0.39, 0.29) is 19.1 Å². The monoisotopic (exact) mass is 259 g/mol. The number of carboxylic acids is 1. The summed E-state index contributed by atoms with van der Waals surface area (Å²) in [6.07, 6.45) is 0.0238. The van der Waals surface area contributed by atoms with Gasteiger partial charge in [0.05, 0.1) is 0 Å². The number of piperazine rings is 1. The second-order valence-corrected chi connectivity index (χ2v) is 4.27. The van der Waals surface area contributed by atoms with Gasteiger partial charge in [0.1, 0.15) is 6.04 Å². The number of hydrogen-bond acceptors (Lipinski definition) is 4. The summed E-state index contributed by atoms with van der Waals surface area (Å²) in [4.78, 5) is 26.5. The van der Waals surface area contributed by atoms with Gasteiger partial charge in [-0.1, -0.05) is 6.92 Å². The molecule has 0 radical (unpaired) electrons. The van der Waals surface area contributed by atoms with Crippen molar-refractivity contribution in [3.63, 3.8) is 0 Å². The molecule has 0 saturated carbocycles. The zero-order chi connectivity index (χ0) is 13.5. The average Bonchev–Trinajstić information content (AvgIpc) is 2.38. The Morgan fingerprint density at radius 2 is 1.89 bits per heavy atom. The molecular weight excluding hydrogens is 238 g/mol. The molecule has 7 heteroatoms. The van der Waals surface area contributed by atoms with E-state index in [4.69, 9.17) is 10.2 Å². The molecule has 0 aliphatic carbocycles. The molecule has 0 aromatic rings. The number of nitrogens with zero attached hydrogens (tertiary/aromatic N) is 2. The van der Waals surface area contributed by atoms with Gasteiger partial charge in [0.15, 0.2) is 0 Å². The Kier molecular flexibility index (Phi) is 5.87. The highest BCUT2D eigenvalue weighted by Crippen LogP contribution is 2.02. The summed E-state index contributed by atoms with van der Waals surface area (Å²) in [7, 11) is 0. The van der Waals surface area contributed by atoms with Crippen molar-refractivity contribution in [2.75, 3.05) is 39.3 Å². The minimum atomic E-state index is -1.12. The molecule has 0 bridgehead atoms. The zero-order valence-electron chi connectivity index (χ0n) is 10.6. The molecule has 1 fully saturated rings. The van der Waals surface area contributed by atoms with E-state index in [9.17, 15) is 9.59 Å². The van der Waals surface area contributed by atoms with Crippen molar-refractivity contribution in [3.8, 4) is 0 Å². The molecular formula is C11H21N3O4. The van der Waals surface area contributed by atoms with Crippen molar-refractivity contribution in [3.05, 3.63) is 0 Å². The first-order valence-corrected chi connectivity index (χ1v) is 6.20. The predicted molar refractivity (Wildman–Crippen MR) is 65.3 cm³/mol. The van der Waals surface area contributed by atoms with Crippen molar-refractivity contribution in [1.29, 1.82) is 0 Å². The van der Waals surface area contributed by atoms with E-state index in [1.54, 1.807) is 4.90 Å². The fourth-order valence-corrected chi connectivity index (χ4v) is 1.89. The van der Waals surface area contributed by atoms with Gasteiger partial charge in [-0.15, -0.1) is 0 Å². The van der Waals surface area contributed by atoms with E-state index < -0.39 is 12.0 Å². The predicted octanol–water partition coefficient (Wildman–Crippen LogP) is -0.831. The molecule has 0 aromatic heterocycles. The van der Waals surface area contributed by atoms with Gasteiger partial charge in [-0.05, 0) is 6.54 Å². The van der Waals surface area contributed by atoms with Crippen molar-refractivity contribution in [2.45, 2.75) is 19.4 Å². The summed E-state index contributed by atoms with van der Waals surface area (Å²) in [6.45, 7) is 5.58. The maximum absolute atomic E-state index is 11.8. The highest BCUT2D eigenvalue weighted by atomic mass is 16.4. The van der Waals surface area contributed by atoms with E-state index >= 15 is 0 Å². The molecule has 1 heterocycles. The van der Waals surface area contributed by atoms with E-state index in [0.29, 0.717) is 13.1 Å². The van der Waals surface area contributed by atoms with Gasteiger partial charge in [0.25, 0.3) is 0 Å². The molecule has 18 heavy (non-hydrogen) atoms. The van der Waals surface area contributed by atoms with Crippen LogP contribution >= 0.6 is 0 Å². The number of aliphatic carboxylic acids is 1. The Balaban J connectivity index is 2.42. The smallest absolute Gasteiger partial charge is 0.326 e. The van der Waals surface area contributed by atoms with E-state index in [0.717, 1.165) is 19.6 Å². The van der Waals surface area contributed by atoms with E-state index in [1.165, 1.54) is 0 Å². The standard InChI is InChI=1S/C11H21N3O4/c1-2-13-4-6-14(7-5-13)11(18)12-9(3-8-15)10(16)17/h9,15H,2-8H2,1H3,(H,12,18)(H,16,17)/t9-/m0/s1. The molecule has 1 aliphatic rings. The topological polar surface area (TPSA) is 93.1 Å². The minimum absolute atomic E-state index is 0.0238. The molecule has 0 unspecified atom stereocenters. The summed E-state index contributed by atoms with van der Waals surface area (Å²) in [5.74, 6) is -1.12. The Bertz CT molecular complexity index is 290. The number of nitrogens with one attached hydrogen (secondary N) is 1. The van der Waals surface area contributed by atoms with Gasteiger partial charge >= 0.3 is 12.0 Å². The normalized spacial score (nSPS) is 18.4. The number of aliphatic hydroxyl groups excluding tert-OH is 1. The van der Waals surface area contributed by atoms with Crippen LogP contribution in [0, 0.1) is 0 Å². The number of carbonyl (C=O) groups is 2. The lowest BCUT2D eigenvalue weighted by molar-refractivity contribution is -0.139. The fraction of sp³-hybridized carbons (Fsp3) is 0.818. The van der Waals surface area contributed by atoms with Crippen molar-refractivity contribution in [2.24, 2.45) is 0 Å². The summed E-state index contributed by atoms with van der Waals surface area (Å²) >= 11 is 0. The van der Waals surface area contributed by atoms with Crippen LogP contribution in [0.5, 0.6) is 0 Å². The fourth-order valence-electron chi connectivity index (χ4n) is 1.89. The first-order chi connectivity index (χ1) is 8.58. The maximum atomic E-state index is 11.8. The van der Waals surface area contributed by atoms with Crippen LogP contribution in [0.3, 0.4) is 0 Å². The number of carbonyl (C=O) groups excluding carboxylic acids is 1. The largest absolute Gasteiger partial charge is 0.480 e. The number of amides is 2. The summed E-state index contributed by atoms with van der Waals surface area (Å²) in [5, 5.41) is 20.0. The number of rotatable bonds is 5. The third-order valence-electron chi connectivity index (χ3n) is 3.12. The van der Waals surface area contributed by atoms with Crippen molar-refractivity contribution in [1.82, 2.24) is 15.1 Å². The van der Waals surface area contributed by atoms with Crippen LogP contribution in [0.4, 0.5) is 4.79 Å². The van der Waals surface area contributed by atoms with E-state index in [1.807, 2.05) is 0 Å². The van der Waals surface area contributed by atoms with Gasteiger partial charge in [-0.2, -0.15) is 0 Å². The van der Waals surface area contributed by atoms with Crippen LogP contribution in [0.1, 0.15) is 13.3 Å². The number of hydrogen-bond donors (Lipinski definition) is 3. The van der Waals surface area contributed by atoms with Crippen LogP contribution in [0.2, 0.25) is 0 Å². The Hall–Kier alpha value is -1.34. The zero-order valence-corrected chi connectivity index (χ0v) is 10.6. The molecule has 0 aromatic carbocycles. The quantitative estimate of drug-likeness (QED) is 0.599. The molecule has 1 aliphatic heterocycles.